The van der Waals surface area contributed by atoms with Crippen molar-refractivity contribution in [3.63, 3.8) is 0 Å². The monoisotopic (exact) mass is 618 g/mol. The van der Waals surface area contributed by atoms with E-state index in [9.17, 15) is 9.90 Å². The van der Waals surface area contributed by atoms with Crippen LogP contribution in [-0.4, -0.2) is 69.0 Å². The number of amides is 1. The lowest BCUT2D eigenvalue weighted by Gasteiger charge is -2.58. The second-order valence-corrected chi connectivity index (χ2v) is 16.4. The van der Waals surface area contributed by atoms with Gasteiger partial charge in [-0.2, -0.15) is 0 Å². The van der Waals surface area contributed by atoms with Crippen molar-refractivity contribution in [2.45, 2.75) is 109 Å². The molecule has 8 atom stereocenters. The summed E-state index contributed by atoms with van der Waals surface area (Å²) in [5, 5.41) is 13.4. The number of fused-ring (bicyclic) bond motifs is 3. The van der Waals surface area contributed by atoms with Crippen LogP contribution in [0.5, 0.6) is 0 Å². The molecule has 4 fully saturated rings. The molecule has 1 saturated carbocycles. The van der Waals surface area contributed by atoms with Gasteiger partial charge in [0.1, 0.15) is 5.76 Å². The fourth-order valence-corrected chi connectivity index (χ4v) is 13.5. The zero-order valence-electron chi connectivity index (χ0n) is 27.8. The number of piperidine rings is 2. The smallest absolute Gasteiger partial charge is 0.214 e. The van der Waals surface area contributed by atoms with Crippen molar-refractivity contribution in [3.05, 3.63) is 70.8 Å². The Labute approximate surface area is 273 Å². The van der Waals surface area contributed by atoms with Crippen molar-refractivity contribution in [1.82, 2.24) is 19.3 Å². The summed E-state index contributed by atoms with van der Waals surface area (Å²) in [5.41, 5.74) is 7.26. The van der Waals surface area contributed by atoms with Gasteiger partial charge in [0.05, 0.1) is 12.0 Å². The van der Waals surface area contributed by atoms with Crippen LogP contribution in [0.25, 0.3) is 10.9 Å². The number of aliphatic hydroxyl groups excluding tert-OH is 1. The lowest BCUT2D eigenvalue weighted by molar-refractivity contribution is -0.123. The van der Waals surface area contributed by atoms with Crippen molar-refractivity contribution in [1.29, 1.82) is 0 Å². The summed E-state index contributed by atoms with van der Waals surface area (Å²) < 4.78 is 2.70. The van der Waals surface area contributed by atoms with Crippen LogP contribution in [-0.2, 0) is 11.2 Å². The summed E-state index contributed by atoms with van der Waals surface area (Å²) in [7, 11) is 0. The highest BCUT2D eigenvalue weighted by Gasteiger charge is 2.66. The van der Waals surface area contributed by atoms with Gasteiger partial charge < -0.3 is 14.6 Å². The summed E-state index contributed by atoms with van der Waals surface area (Å²) in [6.45, 7) is 9.52. The number of para-hydroxylation sites is 1. The minimum absolute atomic E-state index is 0.0139. The van der Waals surface area contributed by atoms with E-state index in [1.807, 2.05) is 6.08 Å². The standard InChI is InChI=1S/C40H50N4O2/c1-3-38-15-7-20-42-22-18-40(37(38)42)24-30(43(25-45)33(40)13-17-38)28-11-12-32(46)34(28)31-23-39(4-2)16-8-19-41-21-14-27-26-9-5-6-10-29(26)44(31)35(27)36(39)41/h5-6,9-12,24-25,31,33-34,36-37,46H,3-4,7-8,13-23H2,1-2H3. The first-order valence-corrected chi connectivity index (χ1v) is 18.7. The second-order valence-electron chi connectivity index (χ2n) is 16.4. The number of carbonyl (C=O) groups excluding carboxylic acids is 1. The Hall–Kier alpha value is -2.83. The normalized spacial score (nSPS) is 41.1. The number of hydrogen-bond acceptors (Lipinski definition) is 4. The number of aromatic nitrogens is 1. The lowest BCUT2D eigenvalue weighted by Crippen LogP contribution is -2.62. The van der Waals surface area contributed by atoms with E-state index in [1.54, 1.807) is 5.56 Å². The zero-order valence-corrected chi connectivity index (χ0v) is 27.8. The average molecular weight is 619 g/mol. The average Bonchev–Trinajstić information content (AvgIpc) is 3.85. The third-order valence-corrected chi connectivity index (χ3v) is 15.2. The van der Waals surface area contributed by atoms with E-state index in [2.05, 4.69) is 69.5 Å². The molecule has 8 unspecified atom stereocenters. The van der Waals surface area contributed by atoms with Crippen molar-refractivity contribution >= 4 is 17.3 Å². The van der Waals surface area contributed by atoms with Crippen LogP contribution in [0.4, 0.5) is 0 Å². The van der Waals surface area contributed by atoms with Gasteiger partial charge in [0.2, 0.25) is 6.41 Å². The summed E-state index contributed by atoms with van der Waals surface area (Å²) in [5.74, 6) is 0.332. The van der Waals surface area contributed by atoms with E-state index in [0.29, 0.717) is 23.3 Å². The number of nitrogens with zero attached hydrogens (tertiary/aromatic N) is 4. The number of carbonyl (C=O) groups is 1. The lowest BCUT2D eigenvalue weighted by atomic mass is 9.53. The minimum atomic E-state index is -0.147. The fraction of sp³-hybridized carbons (Fsp3) is 0.625. The number of aliphatic hydroxyl groups is 1. The highest BCUT2D eigenvalue weighted by Crippen LogP contribution is 2.66. The van der Waals surface area contributed by atoms with E-state index in [-0.39, 0.29) is 28.8 Å². The van der Waals surface area contributed by atoms with Crippen molar-refractivity contribution < 1.29 is 9.90 Å². The fourth-order valence-electron chi connectivity index (χ4n) is 13.5. The van der Waals surface area contributed by atoms with Crippen molar-refractivity contribution in [3.8, 4) is 0 Å². The third kappa shape index (κ3) is 3.29. The molecule has 1 N–H and O–H groups in total. The van der Waals surface area contributed by atoms with E-state index >= 15 is 0 Å². The molecule has 3 saturated heterocycles. The third-order valence-electron chi connectivity index (χ3n) is 15.2. The maximum Gasteiger partial charge on any atom is 0.214 e. The number of rotatable bonds is 5. The Morgan fingerprint density at radius 2 is 1.74 bits per heavy atom. The Kier molecular flexibility index (Phi) is 5.90. The van der Waals surface area contributed by atoms with Gasteiger partial charge in [-0.1, -0.05) is 44.2 Å². The Balaban J connectivity index is 1.14. The van der Waals surface area contributed by atoms with Crippen LogP contribution in [0, 0.1) is 22.2 Å². The Morgan fingerprint density at radius 1 is 0.935 bits per heavy atom. The van der Waals surface area contributed by atoms with Crippen LogP contribution >= 0.6 is 0 Å². The quantitative estimate of drug-likeness (QED) is 0.354. The molecule has 46 heavy (non-hydrogen) atoms. The molecule has 1 amide bonds. The molecule has 242 valence electrons. The molecule has 6 aliphatic heterocycles. The molecule has 0 bridgehead atoms. The van der Waals surface area contributed by atoms with Gasteiger partial charge in [-0.3, -0.25) is 14.6 Å². The highest BCUT2D eigenvalue weighted by atomic mass is 16.3. The van der Waals surface area contributed by atoms with Crippen molar-refractivity contribution in [2.24, 2.45) is 22.2 Å². The molecule has 6 heteroatoms. The van der Waals surface area contributed by atoms with Crippen LogP contribution < -0.4 is 0 Å². The van der Waals surface area contributed by atoms with E-state index in [0.717, 1.165) is 57.3 Å². The summed E-state index contributed by atoms with van der Waals surface area (Å²) in [4.78, 5) is 21.0. The number of benzene rings is 1. The number of allylic oxidation sites excluding steroid dienone is 4. The summed E-state index contributed by atoms with van der Waals surface area (Å²) in [6, 6.07) is 10.4. The molecule has 1 aromatic carbocycles. The van der Waals surface area contributed by atoms with Gasteiger partial charge in [-0.15, -0.1) is 0 Å². The molecule has 6 nitrogen and oxygen atoms in total. The predicted molar refractivity (Wildman–Crippen MR) is 181 cm³/mol. The molecular weight excluding hydrogens is 568 g/mol. The highest BCUT2D eigenvalue weighted by molar-refractivity contribution is 5.86. The van der Waals surface area contributed by atoms with Gasteiger partial charge in [0.25, 0.3) is 0 Å². The molecule has 8 aliphatic rings. The van der Waals surface area contributed by atoms with Gasteiger partial charge in [-0.25, -0.2) is 0 Å². The van der Waals surface area contributed by atoms with Crippen LogP contribution in [0.15, 0.2) is 59.5 Å². The van der Waals surface area contributed by atoms with Crippen LogP contribution in [0.3, 0.4) is 0 Å². The van der Waals surface area contributed by atoms with Crippen LogP contribution in [0.1, 0.15) is 101 Å². The van der Waals surface area contributed by atoms with E-state index < -0.39 is 0 Å². The topological polar surface area (TPSA) is 52.0 Å². The molecule has 2 aromatic rings. The largest absolute Gasteiger partial charge is 0.512 e. The first-order chi connectivity index (χ1) is 22.5. The number of hydrogen-bond donors (Lipinski definition) is 1. The maximum absolute atomic E-state index is 13.2. The second kappa shape index (κ2) is 9.63. The van der Waals surface area contributed by atoms with Gasteiger partial charge in [-0.05, 0) is 124 Å². The van der Waals surface area contributed by atoms with E-state index in [1.165, 1.54) is 73.8 Å². The molecule has 10 rings (SSSR count). The SMILES string of the molecule is CCC12CCCN3CCc4c(n(c5ccccc45)C(C4C(O)=CC=C4C4=CC56CCN7CCCC(CC)(CCC5N4C=O)C76)C1)C32. The molecule has 7 heterocycles. The molecule has 1 spiro atoms. The molecular formula is C40H50N4O2. The first kappa shape index (κ1) is 28.2. The maximum atomic E-state index is 13.2. The minimum Gasteiger partial charge on any atom is -0.512 e. The Bertz CT molecular complexity index is 1740. The first-order valence-electron chi connectivity index (χ1n) is 18.7. The van der Waals surface area contributed by atoms with Crippen LogP contribution in [0.2, 0.25) is 0 Å². The van der Waals surface area contributed by atoms with Crippen molar-refractivity contribution in [2.75, 3.05) is 26.2 Å². The predicted octanol–water partition coefficient (Wildman–Crippen LogP) is 7.44. The zero-order chi connectivity index (χ0) is 31.0. The molecule has 2 aliphatic carbocycles. The van der Waals surface area contributed by atoms with E-state index in [4.69, 9.17) is 0 Å². The molecule has 1 aromatic heterocycles. The summed E-state index contributed by atoms with van der Waals surface area (Å²) >= 11 is 0. The molecule has 0 radical (unpaired) electrons. The summed E-state index contributed by atoms with van der Waals surface area (Å²) in [6.07, 6.45) is 21.0. The van der Waals surface area contributed by atoms with Gasteiger partial charge >= 0.3 is 0 Å². The Morgan fingerprint density at radius 3 is 2.57 bits per heavy atom. The van der Waals surface area contributed by atoms with Gasteiger partial charge in [0, 0.05) is 52.4 Å². The van der Waals surface area contributed by atoms with Gasteiger partial charge in [0.15, 0.2) is 0 Å².